The second kappa shape index (κ2) is 4.27. The molecule has 0 saturated heterocycles. The first kappa shape index (κ1) is 8.37. The molecule has 0 aliphatic heterocycles. The normalized spacial score (nSPS) is 12.7. The van der Waals surface area contributed by atoms with Crippen molar-refractivity contribution in [2.75, 3.05) is 0 Å². The summed E-state index contributed by atoms with van der Waals surface area (Å²) in [6.45, 7) is 5.12. The molecule has 2 heteroatoms. The van der Waals surface area contributed by atoms with Crippen LogP contribution in [0, 0.1) is 5.41 Å². The van der Waals surface area contributed by atoms with Crippen LogP contribution >= 0.6 is 0 Å². The lowest BCUT2D eigenvalue weighted by Crippen LogP contribution is -2.15. The molecule has 0 radical (unpaired) electrons. The summed E-state index contributed by atoms with van der Waals surface area (Å²) in [6.07, 6.45) is 2.57. The van der Waals surface area contributed by atoms with Gasteiger partial charge in [0, 0.05) is 5.71 Å². The molecule has 2 nitrogen and oxygen atoms in total. The van der Waals surface area contributed by atoms with Crippen LogP contribution in [0.5, 0.6) is 0 Å². The Morgan fingerprint density at radius 3 is 2.78 bits per heavy atom. The van der Waals surface area contributed by atoms with E-state index < -0.39 is 6.10 Å². The lowest BCUT2D eigenvalue weighted by atomic mass is 10.1. The molecule has 0 aromatic rings. The van der Waals surface area contributed by atoms with Gasteiger partial charge in [0.05, 0.1) is 6.10 Å². The smallest absolute Gasteiger partial charge is 0.0914 e. The molecular weight excluding hydrogens is 114 g/mol. The molecule has 0 aromatic heterocycles. The first-order valence-corrected chi connectivity index (χ1v) is 3.02. The second-order valence-electron chi connectivity index (χ2n) is 2.06. The zero-order valence-electron chi connectivity index (χ0n) is 5.72. The fraction of sp³-hybridized carbons (Fsp3) is 0.571. The molecule has 0 spiro atoms. The van der Waals surface area contributed by atoms with Gasteiger partial charge < -0.3 is 10.5 Å². The van der Waals surface area contributed by atoms with E-state index in [0.717, 1.165) is 6.42 Å². The van der Waals surface area contributed by atoms with Crippen LogP contribution in [-0.4, -0.2) is 16.9 Å². The lowest BCUT2D eigenvalue weighted by Gasteiger charge is -2.04. The zero-order valence-corrected chi connectivity index (χ0v) is 5.72. The van der Waals surface area contributed by atoms with Gasteiger partial charge in [-0.1, -0.05) is 6.08 Å². The Labute approximate surface area is 55.7 Å². The van der Waals surface area contributed by atoms with Crippen LogP contribution in [0.2, 0.25) is 0 Å². The minimum absolute atomic E-state index is 0.330. The molecule has 9 heavy (non-hydrogen) atoms. The van der Waals surface area contributed by atoms with Crippen LogP contribution in [0.25, 0.3) is 0 Å². The van der Waals surface area contributed by atoms with E-state index >= 15 is 0 Å². The van der Waals surface area contributed by atoms with Gasteiger partial charge in [0.2, 0.25) is 0 Å². The molecule has 0 aromatic carbocycles. The molecule has 0 fully saturated rings. The van der Waals surface area contributed by atoms with Gasteiger partial charge >= 0.3 is 0 Å². The van der Waals surface area contributed by atoms with E-state index in [-0.39, 0.29) is 0 Å². The average Bonchev–Trinajstić information content (AvgIpc) is 1.82. The summed E-state index contributed by atoms with van der Waals surface area (Å²) in [5, 5.41) is 16.0. The van der Waals surface area contributed by atoms with Gasteiger partial charge in [-0.3, -0.25) is 0 Å². The summed E-state index contributed by atoms with van der Waals surface area (Å²) in [6, 6.07) is 0. The summed E-state index contributed by atoms with van der Waals surface area (Å²) in [4.78, 5) is 0. The molecule has 2 N–H and O–H groups in total. The maximum atomic E-state index is 8.99. The van der Waals surface area contributed by atoms with Crippen LogP contribution in [0.15, 0.2) is 12.7 Å². The third kappa shape index (κ3) is 3.91. The van der Waals surface area contributed by atoms with Crippen molar-refractivity contribution >= 4 is 5.71 Å². The van der Waals surface area contributed by atoms with E-state index in [2.05, 4.69) is 6.58 Å². The second-order valence-corrected chi connectivity index (χ2v) is 2.06. The molecule has 1 atom stereocenters. The number of nitrogens with one attached hydrogen (secondary N) is 1. The van der Waals surface area contributed by atoms with Crippen molar-refractivity contribution in [1.82, 2.24) is 0 Å². The highest BCUT2D eigenvalue weighted by molar-refractivity contribution is 5.82. The minimum Gasteiger partial charge on any atom is -0.387 e. The standard InChI is InChI=1S/C7H13NO/c1-3-4-5-7(9)6(2)8/h3,7-9H,1,4-5H2,2H3. The fourth-order valence-corrected chi connectivity index (χ4v) is 0.492. The Hall–Kier alpha value is -0.630. The third-order valence-electron chi connectivity index (χ3n) is 1.14. The number of aliphatic hydroxyl groups is 1. The molecule has 0 rings (SSSR count). The fourth-order valence-electron chi connectivity index (χ4n) is 0.492. The average molecular weight is 127 g/mol. The van der Waals surface area contributed by atoms with Crippen molar-refractivity contribution < 1.29 is 5.11 Å². The number of hydrogen-bond acceptors (Lipinski definition) is 2. The van der Waals surface area contributed by atoms with Crippen molar-refractivity contribution in [1.29, 1.82) is 5.41 Å². The molecule has 0 aliphatic rings. The maximum Gasteiger partial charge on any atom is 0.0914 e. The molecular formula is C7H13NO. The van der Waals surface area contributed by atoms with Crippen molar-refractivity contribution in [3.63, 3.8) is 0 Å². The van der Waals surface area contributed by atoms with E-state index in [1.54, 1.807) is 13.0 Å². The van der Waals surface area contributed by atoms with Gasteiger partial charge in [0.1, 0.15) is 0 Å². The SMILES string of the molecule is C=CCCC(O)C(C)=N. The quantitative estimate of drug-likeness (QED) is 0.434. The van der Waals surface area contributed by atoms with Crippen molar-refractivity contribution in [3.8, 4) is 0 Å². The number of allylic oxidation sites excluding steroid dienone is 1. The number of rotatable bonds is 4. The summed E-state index contributed by atoms with van der Waals surface area (Å²) < 4.78 is 0. The van der Waals surface area contributed by atoms with E-state index in [9.17, 15) is 0 Å². The first-order chi connectivity index (χ1) is 4.18. The van der Waals surface area contributed by atoms with E-state index in [1.165, 1.54) is 0 Å². The largest absolute Gasteiger partial charge is 0.387 e. The Morgan fingerprint density at radius 2 is 2.44 bits per heavy atom. The van der Waals surface area contributed by atoms with Crippen LogP contribution in [0.1, 0.15) is 19.8 Å². The Balaban J connectivity index is 3.37. The highest BCUT2D eigenvalue weighted by atomic mass is 16.3. The van der Waals surface area contributed by atoms with Gasteiger partial charge in [0.25, 0.3) is 0 Å². The highest BCUT2D eigenvalue weighted by Crippen LogP contribution is 1.97. The Kier molecular flexibility index (Phi) is 3.97. The predicted octanol–water partition coefficient (Wildman–Crippen LogP) is 1.35. The van der Waals surface area contributed by atoms with Crippen LogP contribution < -0.4 is 0 Å². The topological polar surface area (TPSA) is 44.1 Å². The van der Waals surface area contributed by atoms with E-state index in [0.29, 0.717) is 12.1 Å². The van der Waals surface area contributed by atoms with Gasteiger partial charge in [-0.25, -0.2) is 0 Å². The molecule has 0 heterocycles. The van der Waals surface area contributed by atoms with Crippen molar-refractivity contribution in [2.24, 2.45) is 0 Å². The zero-order chi connectivity index (χ0) is 7.28. The van der Waals surface area contributed by atoms with Gasteiger partial charge in [-0.05, 0) is 19.8 Å². The minimum atomic E-state index is -0.567. The van der Waals surface area contributed by atoms with Gasteiger partial charge in [-0.15, -0.1) is 6.58 Å². The van der Waals surface area contributed by atoms with Crippen molar-refractivity contribution in [3.05, 3.63) is 12.7 Å². The number of aliphatic hydroxyl groups excluding tert-OH is 1. The molecule has 0 amide bonds. The predicted molar refractivity (Wildman–Crippen MR) is 38.8 cm³/mol. The van der Waals surface area contributed by atoms with E-state index in [1.807, 2.05) is 0 Å². The Morgan fingerprint density at radius 1 is 1.89 bits per heavy atom. The summed E-state index contributed by atoms with van der Waals surface area (Å²) in [7, 11) is 0. The molecule has 0 saturated carbocycles. The third-order valence-corrected chi connectivity index (χ3v) is 1.14. The summed E-state index contributed by atoms with van der Waals surface area (Å²) in [5.41, 5.74) is 0.330. The molecule has 0 aliphatic carbocycles. The van der Waals surface area contributed by atoms with Crippen LogP contribution in [0.4, 0.5) is 0 Å². The maximum absolute atomic E-state index is 8.99. The number of hydrogen-bond donors (Lipinski definition) is 2. The van der Waals surface area contributed by atoms with Gasteiger partial charge in [0.15, 0.2) is 0 Å². The lowest BCUT2D eigenvalue weighted by molar-refractivity contribution is 0.230. The van der Waals surface area contributed by atoms with Gasteiger partial charge in [-0.2, -0.15) is 0 Å². The molecule has 52 valence electrons. The summed E-state index contributed by atoms with van der Waals surface area (Å²) in [5.74, 6) is 0. The molecule has 1 unspecified atom stereocenters. The molecule has 0 bridgehead atoms. The van der Waals surface area contributed by atoms with E-state index in [4.69, 9.17) is 10.5 Å². The Bertz CT molecular complexity index is 109. The van der Waals surface area contributed by atoms with Crippen molar-refractivity contribution in [2.45, 2.75) is 25.9 Å². The summed E-state index contributed by atoms with van der Waals surface area (Å²) >= 11 is 0. The first-order valence-electron chi connectivity index (χ1n) is 3.02. The van der Waals surface area contributed by atoms with Crippen LogP contribution in [0.3, 0.4) is 0 Å². The monoisotopic (exact) mass is 127 g/mol. The highest BCUT2D eigenvalue weighted by Gasteiger charge is 2.02. The van der Waals surface area contributed by atoms with Crippen LogP contribution in [-0.2, 0) is 0 Å².